The van der Waals surface area contributed by atoms with Gasteiger partial charge in [-0.3, -0.25) is 0 Å². The van der Waals surface area contributed by atoms with Crippen molar-refractivity contribution in [2.75, 3.05) is 0 Å². The molecule has 0 atom stereocenters. The smallest absolute Gasteiger partial charge is 0.416 e. The molecule has 0 aromatic heterocycles. The Labute approximate surface area is 206 Å². The molecule has 0 aliphatic heterocycles. The first-order valence-corrected chi connectivity index (χ1v) is 13.1. The summed E-state index contributed by atoms with van der Waals surface area (Å²) in [5, 5.41) is 0. The van der Waals surface area contributed by atoms with Crippen molar-refractivity contribution in [2.24, 2.45) is 0 Å². The Bertz CT molecular complexity index is 1290. The molecular formula is C27H23F3O3S2. The highest BCUT2D eigenvalue weighted by atomic mass is 32.2. The standard InChI is InChI=1S/C20H19S.C7H5F3O3S/c1-16-8-12-19(13-9-16)21(18-6-4-3-5-7-18)20-14-10-17(2)11-15-20;8-7(9,10)5-1-3-6(4-2-5)14(11,12)13/h3-15H,1-2H3;1-4H,(H,11,12,13)/q+1;/p-1. The molecule has 0 radical (unpaired) electrons. The van der Waals surface area contributed by atoms with Gasteiger partial charge in [-0.05, 0) is 74.5 Å². The van der Waals surface area contributed by atoms with Crippen LogP contribution in [0.1, 0.15) is 16.7 Å². The quantitative estimate of drug-likeness (QED) is 0.217. The Balaban J connectivity index is 0.000000214. The van der Waals surface area contributed by atoms with Crippen molar-refractivity contribution < 1.29 is 26.1 Å². The molecule has 8 heteroatoms. The van der Waals surface area contributed by atoms with Gasteiger partial charge in [0.15, 0.2) is 14.7 Å². The van der Waals surface area contributed by atoms with Crippen molar-refractivity contribution in [2.45, 2.75) is 39.6 Å². The summed E-state index contributed by atoms with van der Waals surface area (Å²) in [6.45, 7) is 4.27. The van der Waals surface area contributed by atoms with Crippen molar-refractivity contribution in [1.82, 2.24) is 0 Å². The summed E-state index contributed by atoms with van der Waals surface area (Å²) in [4.78, 5) is 3.43. The topological polar surface area (TPSA) is 57.2 Å². The van der Waals surface area contributed by atoms with Gasteiger partial charge >= 0.3 is 6.18 Å². The van der Waals surface area contributed by atoms with Crippen LogP contribution in [0, 0.1) is 13.8 Å². The molecule has 0 spiro atoms. The number of benzene rings is 4. The normalized spacial score (nSPS) is 11.6. The molecular weight excluding hydrogens is 493 g/mol. The van der Waals surface area contributed by atoms with Crippen LogP contribution in [0.4, 0.5) is 13.2 Å². The fraction of sp³-hybridized carbons (Fsp3) is 0.111. The second-order valence-electron chi connectivity index (χ2n) is 7.72. The highest BCUT2D eigenvalue weighted by Gasteiger charge is 2.30. The van der Waals surface area contributed by atoms with E-state index in [0.29, 0.717) is 24.3 Å². The second-order valence-corrected chi connectivity index (χ2v) is 11.1. The molecule has 35 heavy (non-hydrogen) atoms. The van der Waals surface area contributed by atoms with Crippen molar-refractivity contribution in [3.05, 3.63) is 120 Å². The molecule has 182 valence electrons. The first-order chi connectivity index (χ1) is 16.4. The van der Waals surface area contributed by atoms with E-state index in [2.05, 4.69) is 92.7 Å². The van der Waals surface area contributed by atoms with Gasteiger partial charge < -0.3 is 4.55 Å². The van der Waals surface area contributed by atoms with Gasteiger partial charge in [-0.1, -0.05) is 53.6 Å². The highest BCUT2D eigenvalue weighted by Crippen LogP contribution is 2.31. The first-order valence-electron chi connectivity index (χ1n) is 10.5. The van der Waals surface area contributed by atoms with E-state index in [0.717, 1.165) is 0 Å². The van der Waals surface area contributed by atoms with E-state index in [-0.39, 0.29) is 10.9 Å². The minimum atomic E-state index is -4.68. The molecule has 0 N–H and O–H groups in total. The van der Waals surface area contributed by atoms with Crippen molar-refractivity contribution in [3.8, 4) is 0 Å². The van der Waals surface area contributed by atoms with E-state index in [1.54, 1.807) is 0 Å². The predicted molar refractivity (Wildman–Crippen MR) is 130 cm³/mol. The van der Waals surface area contributed by atoms with Gasteiger partial charge in [-0.25, -0.2) is 8.42 Å². The Morgan fingerprint density at radius 2 is 1.03 bits per heavy atom. The summed E-state index contributed by atoms with van der Waals surface area (Å²) >= 11 is 0. The minimum absolute atomic E-state index is 0.0312. The predicted octanol–water partition coefficient (Wildman–Crippen LogP) is 7.01. The molecule has 0 fully saturated rings. The molecule has 0 heterocycles. The minimum Gasteiger partial charge on any atom is -0.744 e. The van der Waals surface area contributed by atoms with Gasteiger partial charge in [0.1, 0.15) is 10.1 Å². The average molecular weight is 517 g/mol. The van der Waals surface area contributed by atoms with Crippen LogP contribution in [0.3, 0.4) is 0 Å². The van der Waals surface area contributed by atoms with Gasteiger partial charge in [0.05, 0.1) is 21.4 Å². The molecule has 0 saturated heterocycles. The maximum atomic E-state index is 12.0. The molecule has 0 bridgehead atoms. The van der Waals surface area contributed by atoms with E-state index >= 15 is 0 Å². The van der Waals surface area contributed by atoms with E-state index < -0.39 is 26.8 Å². The first kappa shape index (κ1) is 26.5. The Hall–Kier alpha value is -3.07. The Morgan fingerprint density at radius 1 is 0.629 bits per heavy atom. The van der Waals surface area contributed by atoms with Gasteiger partial charge in [0, 0.05) is 0 Å². The van der Waals surface area contributed by atoms with Crippen LogP contribution in [-0.2, 0) is 27.2 Å². The molecule has 0 aliphatic carbocycles. The molecule has 0 aliphatic rings. The molecule has 0 unspecified atom stereocenters. The molecule has 4 aromatic carbocycles. The van der Waals surface area contributed by atoms with E-state index in [1.807, 2.05) is 0 Å². The lowest BCUT2D eigenvalue weighted by Gasteiger charge is -2.09. The third kappa shape index (κ3) is 7.45. The maximum Gasteiger partial charge on any atom is 0.416 e. The fourth-order valence-corrected chi connectivity index (χ4v) is 5.66. The van der Waals surface area contributed by atoms with Crippen molar-refractivity contribution in [1.29, 1.82) is 0 Å². The van der Waals surface area contributed by atoms with Gasteiger partial charge in [-0.15, -0.1) is 0 Å². The van der Waals surface area contributed by atoms with E-state index in [9.17, 15) is 26.1 Å². The molecule has 4 aromatic rings. The Kier molecular flexibility index (Phi) is 8.43. The number of halogens is 3. The van der Waals surface area contributed by atoms with Crippen LogP contribution < -0.4 is 0 Å². The lowest BCUT2D eigenvalue weighted by Crippen LogP contribution is -2.05. The summed E-state index contributed by atoms with van der Waals surface area (Å²) in [5.41, 5.74) is 1.61. The number of alkyl halides is 3. The van der Waals surface area contributed by atoms with Crippen LogP contribution in [0.5, 0.6) is 0 Å². The fourth-order valence-electron chi connectivity index (χ4n) is 3.12. The summed E-state index contributed by atoms with van der Waals surface area (Å²) in [6, 6.07) is 31.0. The van der Waals surface area contributed by atoms with Crippen LogP contribution in [0.15, 0.2) is 123 Å². The Morgan fingerprint density at radius 3 is 1.40 bits per heavy atom. The molecule has 0 amide bonds. The maximum absolute atomic E-state index is 12.0. The van der Waals surface area contributed by atoms with E-state index in [4.69, 9.17) is 0 Å². The van der Waals surface area contributed by atoms with Crippen LogP contribution in [-0.4, -0.2) is 13.0 Å². The largest absolute Gasteiger partial charge is 0.744 e. The van der Waals surface area contributed by atoms with Crippen molar-refractivity contribution in [3.63, 3.8) is 0 Å². The number of hydrogen-bond donors (Lipinski definition) is 0. The second kappa shape index (κ2) is 11.1. The van der Waals surface area contributed by atoms with Crippen molar-refractivity contribution >= 4 is 21.0 Å². The lowest BCUT2D eigenvalue weighted by molar-refractivity contribution is -0.137. The van der Waals surface area contributed by atoms with Gasteiger partial charge in [0.2, 0.25) is 0 Å². The van der Waals surface area contributed by atoms with Gasteiger partial charge in [-0.2, -0.15) is 13.2 Å². The van der Waals surface area contributed by atoms with E-state index in [1.165, 1.54) is 25.8 Å². The van der Waals surface area contributed by atoms with Crippen LogP contribution in [0.2, 0.25) is 0 Å². The number of aryl methyl sites for hydroxylation is 2. The molecule has 0 saturated carbocycles. The number of rotatable bonds is 4. The number of hydrogen-bond acceptors (Lipinski definition) is 3. The zero-order chi connectivity index (χ0) is 25.6. The zero-order valence-corrected chi connectivity index (χ0v) is 20.6. The van der Waals surface area contributed by atoms with Crippen LogP contribution >= 0.6 is 0 Å². The monoisotopic (exact) mass is 516 g/mol. The van der Waals surface area contributed by atoms with Crippen LogP contribution in [0.25, 0.3) is 0 Å². The summed E-state index contributed by atoms with van der Waals surface area (Å²) < 4.78 is 67.0. The highest BCUT2D eigenvalue weighted by molar-refractivity contribution is 7.97. The average Bonchev–Trinajstić information content (AvgIpc) is 2.82. The van der Waals surface area contributed by atoms with Gasteiger partial charge in [0.25, 0.3) is 0 Å². The molecule has 3 nitrogen and oxygen atoms in total. The lowest BCUT2D eigenvalue weighted by atomic mass is 10.2. The summed E-state index contributed by atoms with van der Waals surface area (Å²) in [6.07, 6.45) is -4.54. The third-order valence-corrected chi connectivity index (χ3v) is 8.04. The molecule has 4 rings (SSSR count). The SMILES string of the molecule is Cc1ccc([S+](c2ccccc2)c2ccc(C)cc2)cc1.O=S(=O)([O-])c1ccc(C(F)(F)F)cc1. The third-order valence-electron chi connectivity index (χ3n) is 4.96. The summed E-state index contributed by atoms with van der Waals surface area (Å²) in [5.74, 6) is 0. The summed E-state index contributed by atoms with van der Waals surface area (Å²) in [7, 11) is -4.71. The zero-order valence-electron chi connectivity index (χ0n) is 19.0.